The highest BCUT2D eigenvalue weighted by Crippen LogP contribution is 2.06. The Hall–Kier alpha value is -0.310. The minimum absolute atomic E-state index is 0.0317. The van der Waals surface area contributed by atoms with Crippen LogP contribution in [0.2, 0.25) is 0 Å². The molecular formula is C17H31BrO2. The van der Waals surface area contributed by atoms with E-state index in [1.165, 1.54) is 38.5 Å². The highest BCUT2D eigenvalue weighted by molar-refractivity contribution is 9.09. The van der Waals surface area contributed by atoms with Crippen LogP contribution in [-0.4, -0.2) is 17.9 Å². The molecule has 0 aromatic carbocycles. The summed E-state index contributed by atoms with van der Waals surface area (Å²) in [5, 5.41) is 1.06. The van der Waals surface area contributed by atoms with Crippen LogP contribution in [0.5, 0.6) is 0 Å². The van der Waals surface area contributed by atoms with Gasteiger partial charge in [0.15, 0.2) is 0 Å². The number of hydrogen-bond donors (Lipinski definition) is 0. The Morgan fingerprint density at radius 1 is 0.950 bits per heavy atom. The van der Waals surface area contributed by atoms with Crippen LogP contribution in [0.15, 0.2) is 12.2 Å². The Morgan fingerprint density at radius 3 is 2.35 bits per heavy atom. The van der Waals surface area contributed by atoms with Crippen molar-refractivity contribution in [2.45, 2.75) is 77.6 Å². The van der Waals surface area contributed by atoms with Crippen LogP contribution in [-0.2, 0) is 9.53 Å². The molecule has 2 nitrogen and oxygen atoms in total. The van der Waals surface area contributed by atoms with Crippen molar-refractivity contribution in [2.24, 2.45) is 0 Å². The molecule has 0 atom stereocenters. The first kappa shape index (κ1) is 19.7. The van der Waals surface area contributed by atoms with Crippen molar-refractivity contribution >= 4 is 21.9 Å². The van der Waals surface area contributed by atoms with Gasteiger partial charge in [0.1, 0.15) is 0 Å². The molecule has 0 bridgehead atoms. The molecule has 0 aliphatic carbocycles. The van der Waals surface area contributed by atoms with Crippen LogP contribution >= 0.6 is 15.9 Å². The number of carbonyl (C=O) groups is 1. The summed E-state index contributed by atoms with van der Waals surface area (Å²) in [6.45, 7) is 2.79. The molecule has 0 unspecified atom stereocenters. The molecule has 20 heavy (non-hydrogen) atoms. The maximum Gasteiger partial charge on any atom is 0.305 e. The highest BCUT2D eigenvalue weighted by Gasteiger charge is 2.01. The third kappa shape index (κ3) is 15.7. The second kappa shape index (κ2) is 16.7. The van der Waals surface area contributed by atoms with Gasteiger partial charge in [-0.25, -0.2) is 0 Å². The second-order valence-electron chi connectivity index (χ2n) is 5.18. The van der Waals surface area contributed by atoms with Crippen LogP contribution in [0, 0.1) is 0 Å². The van der Waals surface area contributed by atoms with Gasteiger partial charge in [-0.15, -0.1) is 0 Å². The Morgan fingerprint density at radius 2 is 1.65 bits per heavy atom. The third-order valence-electron chi connectivity index (χ3n) is 3.18. The van der Waals surface area contributed by atoms with E-state index < -0.39 is 0 Å². The third-order valence-corrected chi connectivity index (χ3v) is 3.74. The van der Waals surface area contributed by atoms with E-state index in [0.29, 0.717) is 13.0 Å². The number of rotatable bonds is 14. The lowest BCUT2D eigenvalue weighted by atomic mass is 10.1. The molecule has 0 N–H and O–H groups in total. The summed E-state index contributed by atoms with van der Waals surface area (Å²) >= 11 is 3.41. The van der Waals surface area contributed by atoms with Crippen molar-refractivity contribution in [2.75, 3.05) is 11.9 Å². The molecule has 0 spiro atoms. The molecular weight excluding hydrogens is 316 g/mol. The monoisotopic (exact) mass is 346 g/mol. The molecule has 3 heteroatoms. The number of alkyl halides is 1. The van der Waals surface area contributed by atoms with E-state index in [0.717, 1.165) is 31.0 Å². The minimum Gasteiger partial charge on any atom is -0.466 e. The quantitative estimate of drug-likeness (QED) is 0.172. The zero-order valence-electron chi connectivity index (χ0n) is 13.0. The fourth-order valence-corrected chi connectivity index (χ4v) is 2.32. The summed E-state index contributed by atoms with van der Waals surface area (Å²) in [4.78, 5) is 11.4. The number of ether oxygens (including phenoxy) is 1. The summed E-state index contributed by atoms with van der Waals surface area (Å²) in [6, 6.07) is 0. The van der Waals surface area contributed by atoms with Gasteiger partial charge in [0, 0.05) is 11.8 Å². The van der Waals surface area contributed by atoms with E-state index >= 15 is 0 Å². The van der Waals surface area contributed by atoms with E-state index in [2.05, 4.69) is 35.0 Å². The smallest absolute Gasteiger partial charge is 0.305 e. The first-order valence-electron chi connectivity index (χ1n) is 8.17. The number of allylic oxidation sites excluding steroid dienone is 2. The van der Waals surface area contributed by atoms with Gasteiger partial charge < -0.3 is 4.74 Å². The van der Waals surface area contributed by atoms with Crippen molar-refractivity contribution in [1.29, 1.82) is 0 Å². The Kier molecular flexibility index (Phi) is 16.5. The molecule has 0 aromatic heterocycles. The molecule has 0 radical (unpaired) electrons. The van der Waals surface area contributed by atoms with Crippen LogP contribution in [0.3, 0.4) is 0 Å². The average molecular weight is 347 g/mol. The van der Waals surface area contributed by atoms with Gasteiger partial charge >= 0.3 is 5.97 Å². The number of unbranched alkanes of at least 4 members (excludes halogenated alkanes) is 7. The van der Waals surface area contributed by atoms with Crippen molar-refractivity contribution in [3.8, 4) is 0 Å². The van der Waals surface area contributed by atoms with Crippen LogP contribution in [0.1, 0.15) is 77.6 Å². The average Bonchev–Trinajstić information content (AvgIpc) is 2.45. The van der Waals surface area contributed by atoms with E-state index in [9.17, 15) is 4.79 Å². The maximum absolute atomic E-state index is 11.4. The van der Waals surface area contributed by atoms with Crippen LogP contribution < -0.4 is 0 Å². The lowest BCUT2D eigenvalue weighted by Crippen LogP contribution is -2.05. The van der Waals surface area contributed by atoms with Crippen molar-refractivity contribution in [3.63, 3.8) is 0 Å². The van der Waals surface area contributed by atoms with E-state index in [-0.39, 0.29) is 5.97 Å². The SMILES string of the molecule is CCCCC/C=C\CCCOC(=O)CCCCCCBr. The second-order valence-corrected chi connectivity index (χ2v) is 5.98. The van der Waals surface area contributed by atoms with Crippen molar-refractivity contribution in [3.05, 3.63) is 12.2 Å². The molecule has 0 aliphatic heterocycles. The first-order valence-corrected chi connectivity index (χ1v) is 9.30. The Balaban J connectivity index is 3.22. The van der Waals surface area contributed by atoms with Gasteiger partial charge in [0.25, 0.3) is 0 Å². The highest BCUT2D eigenvalue weighted by atomic mass is 79.9. The number of hydrogen-bond acceptors (Lipinski definition) is 2. The normalized spacial score (nSPS) is 11.1. The summed E-state index contributed by atoms with van der Waals surface area (Å²) in [6.07, 6.45) is 16.5. The first-order chi connectivity index (χ1) is 9.81. The van der Waals surface area contributed by atoms with E-state index in [4.69, 9.17) is 4.74 Å². The fourth-order valence-electron chi connectivity index (χ4n) is 1.92. The van der Waals surface area contributed by atoms with Crippen LogP contribution in [0.25, 0.3) is 0 Å². The molecule has 0 rings (SSSR count). The molecule has 0 aliphatic rings. The number of halogens is 1. The van der Waals surface area contributed by atoms with Gasteiger partial charge in [0.05, 0.1) is 6.61 Å². The summed E-state index contributed by atoms with van der Waals surface area (Å²) < 4.78 is 5.21. The molecule has 0 amide bonds. The van der Waals surface area contributed by atoms with E-state index in [1.807, 2.05) is 0 Å². The van der Waals surface area contributed by atoms with Crippen molar-refractivity contribution in [1.82, 2.24) is 0 Å². The zero-order chi connectivity index (χ0) is 14.9. The summed E-state index contributed by atoms with van der Waals surface area (Å²) in [5.74, 6) is -0.0317. The van der Waals surface area contributed by atoms with Gasteiger partial charge in [-0.05, 0) is 38.5 Å². The predicted molar refractivity (Wildman–Crippen MR) is 90.4 cm³/mol. The molecule has 0 heterocycles. The van der Waals surface area contributed by atoms with E-state index in [1.54, 1.807) is 0 Å². The lowest BCUT2D eigenvalue weighted by Gasteiger charge is -2.03. The standard InChI is InChI=1S/C17H31BrO2/c1-2-3-4-5-6-7-10-13-16-20-17(19)14-11-8-9-12-15-18/h6-7H,2-5,8-16H2,1H3/b7-6-. The Bertz CT molecular complexity index is 239. The van der Waals surface area contributed by atoms with Crippen molar-refractivity contribution < 1.29 is 9.53 Å². The topological polar surface area (TPSA) is 26.3 Å². The Labute approximate surface area is 133 Å². The number of carbonyl (C=O) groups excluding carboxylic acids is 1. The largest absolute Gasteiger partial charge is 0.466 e. The summed E-state index contributed by atoms with van der Waals surface area (Å²) in [7, 11) is 0. The molecule has 118 valence electrons. The molecule has 0 aromatic rings. The van der Waals surface area contributed by atoms with Gasteiger partial charge in [-0.1, -0.05) is 60.7 Å². The van der Waals surface area contributed by atoms with Gasteiger partial charge in [-0.3, -0.25) is 4.79 Å². The molecule has 0 saturated heterocycles. The summed E-state index contributed by atoms with van der Waals surface area (Å²) in [5.41, 5.74) is 0. The minimum atomic E-state index is -0.0317. The zero-order valence-corrected chi connectivity index (χ0v) is 14.6. The molecule has 0 saturated carbocycles. The molecule has 0 fully saturated rings. The van der Waals surface area contributed by atoms with Gasteiger partial charge in [0.2, 0.25) is 0 Å². The van der Waals surface area contributed by atoms with Gasteiger partial charge in [-0.2, -0.15) is 0 Å². The predicted octanol–water partition coefficient (Wildman–Crippen LogP) is 5.79. The maximum atomic E-state index is 11.4. The number of esters is 1. The van der Waals surface area contributed by atoms with Crippen LogP contribution in [0.4, 0.5) is 0 Å². The lowest BCUT2D eigenvalue weighted by molar-refractivity contribution is -0.143. The fraction of sp³-hybridized carbons (Fsp3) is 0.824.